The number of benzene rings is 1. The lowest BCUT2D eigenvalue weighted by molar-refractivity contribution is 0.282. The molecule has 0 unspecified atom stereocenters. The summed E-state index contributed by atoms with van der Waals surface area (Å²) in [6.07, 6.45) is 0. The predicted octanol–water partition coefficient (Wildman–Crippen LogP) is 2.82. The molecule has 1 aromatic rings. The van der Waals surface area contributed by atoms with Gasteiger partial charge in [-0.15, -0.1) is 0 Å². The van der Waals surface area contributed by atoms with Crippen LogP contribution in [0.15, 0.2) is 18.2 Å². The zero-order chi connectivity index (χ0) is 12.5. The maximum atomic E-state index is 9.47. The molecule has 0 saturated carbocycles. The van der Waals surface area contributed by atoms with E-state index in [1.165, 1.54) is 11.3 Å². The fourth-order valence-electron chi connectivity index (χ4n) is 2.37. The van der Waals surface area contributed by atoms with Gasteiger partial charge in [-0.1, -0.05) is 17.7 Å². The van der Waals surface area contributed by atoms with Gasteiger partial charge in [0.05, 0.1) is 6.61 Å². The van der Waals surface area contributed by atoms with Gasteiger partial charge in [0.2, 0.25) is 0 Å². The van der Waals surface area contributed by atoms with Crippen molar-refractivity contribution in [3.8, 4) is 0 Å². The number of aliphatic hydroxyl groups is 1. The topological polar surface area (TPSA) is 23.5 Å². The fraction of sp³-hybridized carbons (Fsp3) is 0.571. The Balaban J connectivity index is 2.27. The molecule has 94 valence electrons. The predicted molar refractivity (Wildman–Crippen MR) is 75.9 cm³/mol. The molecule has 0 spiro atoms. The van der Waals surface area contributed by atoms with Crippen molar-refractivity contribution in [1.82, 2.24) is 0 Å². The minimum absolute atomic E-state index is 0.126. The van der Waals surface area contributed by atoms with E-state index >= 15 is 0 Å². The first-order valence-corrected chi connectivity index (χ1v) is 7.10. The third-order valence-corrected chi connectivity index (χ3v) is 4.47. The lowest BCUT2D eigenvalue weighted by Crippen LogP contribution is -2.43. The van der Waals surface area contributed by atoms with Crippen molar-refractivity contribution < 1.29 is 5.11 Å². The zero-order valence-corrected chi connectivity index (χ0v) is 11.7. The Kier molecular flexibility index (Phi) is 3.69. The van der Waals surface area contributed by atoms with E-state index in [0.29, 0.717) is 4.75 Å². The average molecular weight is 251 g/mol. The SMILES string of the molecule is Cc1ccc(N2CCSC(C)(C)C2)c(CO)c1. The fourth-order valence-corrected chi connectivity index (χ4v) is 3.48. The highest BCUT2D eigenvalue weighted by Crippen LogP contribution is 2.33. The normalized spacial score (nSPS) is 19.4. The standard InChI is InChI=1S/C14H21NOS/c1-11-4-5-13(12(8-11)9-16)15-6-7-17-14(2,3)10-15/h4-5,8,16H,6-7,9-10H2,1-3H3. The van der Waals surface area contributed by atoms with Crippen LogP contribution in [-0.4, -0.2) is 28.7 Å². The highest BCUT2D eigenvalue weighted by molar-refractivity contribution is 8.00. The smallest absolute Gasteiger partial charge is 0.0702 e. The highest BCUT2D eigenvalue weighted by Gasteiger charge is 2.27. The van der Waals surface area contributed by atoms with E-state index in [1.807, 2.05) is 11.8 Å². The quantitative estimate of drug-likeness (QED) is 0.874. The molecule has 3 heteroatoms. The summed E-state index contributed by atoms with van der Waals surface area (Å²) in [6.45, 7) is 8.89. The Bertz CT molecular complexity index is 403. The number of hydrogen-bond acceptors (Lipinski definition) is 3. The summed E-state index contributed by atoms with van der Waals surface area (Å²) in [7, 11) is 0. The second kappa shape index (κ2) is 4.91. The summed E-state index contributed by atoms with van der Waals surface area (Å²) in [4.78, 5) is 2.40. The Hall–Kier alpha value is -0.670. The van der Waals surface area contributed by atoms with E-state index in [1.54, 1.807) is 0 Å². The molecule has 0 radical (unpaired) electrons. The third kappa shape index (κ3) is 2.96. The molecule has 1 saturated heterocycles. The number of aryl methyl sites for hydroxylation is 1. The number of anilines is 1. The van der Waals surface area contributed by atoms with Crippen molar-refractivity contribution in [1.29, 1.82) is 0 Å². The largest absolute Gasteiger partial charge is 0.392 e. The first-order valence-electron chi connectivity index (χ1n) is 6.11. The monoisotopic (exact) mass is 251 g/mol. The maximum Gasteiger partial charge on any atom is 0.0702 e. The van der Waals surface area contributed by atoms with Crippen LogP contribution in [0.25, 0.3) is 0 Å². The van der Waals surface area contributed by atoms with Crippen molar-refractivity contribution in [3.63, 3.8) is 0 Å². The lowest BCUT2D eigenvalue weighted by atomic mass is 10.1. The van der Waals surface area contributed by atoms with Crippen LogP contribution < -0.4 is 4.90 Å². The van der Waals surface area contributed by atoms with Crippen LogP contribution in [0.4, 0.5) is 5.69 Å². The van der Waals surface area contributed by atoms with Gasteiger partial charge in [0.15, 0.2) is 0 Å². The molecule has 17 heavy (non-hydrogen) atoms. The Labute approximate surface area is 108 Å². The van der Waals surface area contributed by atoms with Crippen LogP contribution in [-0.2, 0) is 6.61 Å². The van der Waals surface area contributed by atoms with E-state index in [-0.39, 0.29) is 6.61 Å². The molecule has 0 bridgehead atoms. The van der Waals surface area contributed by atoms with Crippen molar-refractivity contribution in [2.75, 3.05) is 23.7 Å². The van der Waals surface area contributed by atoms with Crippen LogP contribution >= 0.6 is 11.8 Å². The molecule has 2 rings (SSSR count). The molecule has 0 aliphatic carbocycles. The summed E-state index contributed by atoms with van der Waals surface area (Å²) >= 11 is 2.03. The maximum absolute atomic E-state index is 9.47. The van der Waals surface area contributed by atoms with Gasteiger partial charge >= 0.3 is 0 Å². The molecular weight excluding hydrogens is 230 g/mol. The van der Waals surface area contributed by atoms with Gasteiger partial charge in [0, 0.05) is 34.8 Å². The Morgan fingerprint density at radius 2 is 2.18 bits per heavy atom. The minimum atomic E-state index is 0.126. The van der Waals surface area contributed by atoms with E-state index in [9.17, 15) is 5.11 Å². The second-order valence-electron chi connectivity index (χ2n) is 5.32. The average Bonchev–Trinajstić information content (AvgIpc) is 2.27. The molecular formula is C14H21NOS. The number of aliphatic hydroxyl groups excluding tert-OH is 1. The highest BCUT2D eigenvalue weighted by atomic mass is 32.2. The van der Waals surface area contributed by atoms with Crippen LogP contribution in [0.5, 0.6) is 0 Å². The van der Waals surface area contributed by atoms with Crippen molar-refractivity contribution >= 4 is 17.4 Å². The van der Waals surface area contributed by atoms with Crippen LogP contribution in [0.2, 0.25) is 0 Å². The van der Waals surface area contributed by atoms with Crippen molar-refractivity contribution in [2.24, 2.45) is 0 Å². The molecule has 1 aliphatic heterocycles. The number of nitrogens with zero attached hydrogens (tertiary/aromatic N) is 1. The summed E-state index contributed by atoms with van der Waals surface area (Å²) in [6, 6.07) is 6.36. The van der Waals surface area contributed by atoms with Gasteiger partial charge < -0.3 is 10.0 Å². The molecule has 1 fully saturated rings. The number of thioether (sulfide) groups is 1. The molecule has 0 atom stereocenters. The molecule has 1 aliphatic rings. The summed E-state index contributed by atoms with van der Waals surface area (Å²) in [5.41, 5.74) is 3.46. The molecule has 1 N–H and O–H groups in total. The van der Waals surface area contributed by atoms with Gasteiger partial charge in [0.25, 0.3) is 0 Å². The number of rotatable bonds is 2. The molecule has 1 heterocycles. The van der Waals surface area contributed by atoms with Crippen LogP contribution in [0.3, 0.4) is 0 Å². The van der Waals surface area contributed by atoms with E-state index in [0.717, 1.165) is 24.4 Å². The minimum Gasteiger partial charge on any atom is -0.392 e. The first-order chi connectivity index (χ1) is 8.02. The zero-order valence-electron chi connectivity index (χ0n) is 10.9. The third-order valence-electron chi connectivity index (χ3n) is 3.17. The van der Waals surface area contributed by atoms with Crippen molar-refractivity contribution in [2.45, 2.75) is 32.1 Å². The Morgan fingerprint density at radius 1 is 1.41 bits per heavy atom. The first kappa shape index (κ1) is 12.8. The van der Waals surface area contributed by atoms with Gasteiger partial charge in [-0.25, -0.2) is 0 Å². The van der Waals surface area contributed by atoms with Gasteiger partial charge in [-0.3, -0.25) is 0 Å². The summed E-state index contributed by atoms with van der Waals surface area (Å²) in [5.74, 6) is 1.16. The van der Waals surface area contributed by atoms with Gasteiger partial charge in [-0.05, 0) is 26.8 Å². The van der Waals surface area contributed by atoms with E-state index < -0.39 is 0 Å². The molecule has 0 aromatic heterocycles. The summed E-state index contributed by atoms with van der Waals surface area (Å²) < 4.78 is 0.301. The van der Waals surface area contributed by atoms with Crippen LogP contribution in [0.1, 0.15) is 25.0 Å². The van der Waals surface area contributed by atoms with Crippen molar-refractivity contribution in [3.05, 3.63) is 29.3 Å². The molecule has 1 aromatic carbocycles. The molecule has 2 nitrogen and oxygen atoms in total. The lowest BCUT2D eigenvalue weighted by Gasteiger charge is -2.39. The van der Waals surface area contributed by atoms with E-state index in [2.05, 4.69) is 43.9 Å². The van der Waals surface area contributed by atoms with Crippen LogP contribution in [0, 0.1) is 6.92 Å². The Morgan fingerprint density at radius 3 is 2.82 bits per heavy atom. The van der Waals surface area contributed by atoms with Gasteiger partial charge in [0.1, 0.15) is 0 Å². The molecule has 0 amide bonds. The van der Waals surface area contributed by atoms with E-state index in [4.69, 9.17) is 0 Å². The second-order valence-corrected chi connectivity index (χ2v) is 7.12. The summed E-state index contributed by atoms with van der Waals surface area (Å²) in [5, 5.41) is 9.47. The number of hydrogen-bond donors (Lipinski definition) is 1. The van der Waals surface area contributed by atoms with Gasteiger partial charge in [-0.2, -0.15) is 11.8 Å².